The van der Waals surface area contributed by atoms with Crippen LogP contribution in [0, 0.1) is 0 Å². The first-order valence-corrected chi connectivity index (χ1v) is 9.43. The van der Waals surface area contributed by atoms with Gasteiger partial charge in [0.15, 0.2) is 11.5 Å². The molecule has 0 atom stereocenters. The summed E-state index contributed by atoms with van der Waals surface area (Å²) in [4.78, 5) is 0. The van der Waals surface area contributed by atoms with Crippen LogP contribution >= 0.6 is 0 Å². The smallest absolute Gasteiger partial charge is 0.203 e. The maximum absolute atomic E-state index is 5.83. The molecule has 2 rings (SSSR count). The van der Waals surface area contributed by atoms with Crippen molar-refractivity contribution < 1.29 is 33.2 Å². The highest BCUT2D eigenvalue weighted by Crippen LogP contribution is 2.40. The Morgan fingerprint density at radius 1 is 0.483 bits per heavy atom. The molecule has 29 heavy (non-hydrogen) atoms. The lowest BCUT2D eigenvalue weighted by atomic mass is 10.2. The van der Waals surface area contributed by atoms with Crippen molar-refractivity contribution in [2.45, 2.75) is 19.3 Å². The van der Waals surface area contributed by atoms with Crippen LogP contribution in [0.3, 0.4) is 0 Å². The molecule has 0 bridgehead atoms. The molecule has 7 heteroatoms. The molecule has 160 valence electrons. The number of rotatable bonds is 13. The maximum atomic E-state index is 5.83. The van der Waals surface area contributed by atoms with Crippen molar-refractivity contribution >= 4 is 0 Å². The molecule has 0 radical (unpaired) electrons. The number of benzene rings is 2. The lowest BCUT2D eigenvalue weighted by Gasteiger charge is -2.14. The Balaban J connectivity index is 1.74. The number of unbranched alkanes of at least 4 members (excludes halogenated alkanes) is 2. The topological polar surface area (TPSA) is 64.6 Å². The molecule has 0 amide bonds. The summed E-state index contributed by atoms with van der Waals surface area (Å²) in [5.74, 6) is 4.52. The van der Waals surface area contributed by atoms with E-state index in [9.17, 15) is 0 Å². The van der Waals surface area contributed by atoms with Crippen molar-refractivity contribution in [1.29, 1.82) is 0 Å². The summed E-state index contributed by atoms with van der Waals surface area (Å²) in [5.41, 5.74) is 0. The Bertz CT molecular complexity index is 714. The van der Waals surface area contributed by atoms with Crippen molar-refractivity contribution in [3.05, 3.63) is 30.3 Å². The third-order valence-electron chi connectivity index (χ3n) is 4.29. The molecule has 0 spiro atoms. The second-order valence-electron chi connectivity index (χ2n) is 6.17. The fraction of sp³-hybridized carbons (Fsp3) is 0.455. The van der Waals surface area contributed by atoms with E-state index in [0.717, 1.165) is 25.0 Å². The van der Waals surface area contributed by atoms with E-state index in [1.807, 2.05) is 18.2 Å². The van der Waals surface area contributed by atoms with Gasteiger partial charge in [0, 0.05) is 30.3 Å². The molecular weight excluding hydrogens is 376 g/mol. The lowest BCUT2D eigenvalue weighted by molar-refractivity contribution is 0.273. The standard InChI is InChI=1S/C22H30O7/c1-23-16-11-17(24-2)13-18(12-16)28-9-7-6-8-10-29-19-14-20(25-3)22(27-5)21(15-19)26-4/h11-15H,6-10H2,1-5H3. The van der Waals surface area contributed by atoms with E-state index in [1.54, 1.807) is 47.7 Å². The van der Waals surface area contributed by atoms with Crippen LogP contribution in [0.5, 0.6) is 40.2 Å². The van der Waals surface area contributed by atoms with E-state index in [-0.39, 0.29) is 0 Å². The van der Waals surface area contributed by atoms with Crippen LogP contribution in [0.15, 0.2) is 30.3 Å². The van der Waals surface area contributed by atoms with Crippen molar-refractivity contribution in [2.24, 2.45) is 0 Å². The minimum absolute atomic E-state index is 0.550. The molecule has 2 aromatic rings. The van der Waals surface area contributed by atoms with Gasteiger partial charge in [0.25, 0.3) is 0 Å². The molecule has 0 unspecified atom stereocenters. The molecule has 0 aliphatic rings. The zero-order valence-corrected chi connectivity index (χ0v) is 17.8. The van der Waals surface area contributed by atoms with Crippen LogP contribution < -0.4 is 33.2 Å². The summed E-state index contributed by atoms with van der Waals surface area (Å²) in [6.07, 6.45) is 2.80. The van der Waals surface area contributed by atoms with Crippen molar-refractivity contribution in [2.75, 3.05) is 48.8 Å². The van der Waals surface area contributed by atoms with Gasteiger partial charge in [-0.3, -0.25) is 0 Å². The van der Waals surface area contributed by atoms with E-state index in [0.29, 0.717) is 47.7 Å². The van der Waals surface area contributed by atoms with Gasteiger partial charge in [-0.25, -0.2) is 0 Å². The third kappa shape index (κ3) is 6.55. The molecule has 2 aromatic carbocycles. The van der Waals surface area contributed by atoms with Crippen LogP contribution in [0.4, 0.5) is 0 Å². The van der Waals surface area contributed by atoms with Gasteiger partial charge < -0.3 is 33.2 Å². The minimum Gasteiger partial charge on any atom is -0.496 e. The monoisotopic (exact) mass is 406 g/mol. The van der Waals surface area contributed by atoms with Gasteiger partial charge in [-0.15, -0.1) is 0 Å². The SMILES string of the molecule is COc1cc(OC)cc(OCCCCCOc2cc(OC)c(OC)c(OC)c2)c1. The van der Waals surface area contributed by atoms with Crippen molar-refractivity contribution in [3.8, 4) is 40.2 Å². The molecule has 0 N–H and O–H groups in total. The molecule has 7 nitrogen and oxygen atoms in total. The molecule has 0 heterocycles. The Labute approximate surface area is 172 Å². The summed E-state index contributed by atoms with van der Waals surface area (Å²) in [6.45, 7) is 1.20. The number of ether oxygens (including phenoxy) is 7. The highest BCUT2D eigenvalue weighted by molar-refractivity contribution is 5.55. The fourth-order valence-electron chi connectivity index (χ4n) is 2.77. The average Bonchev–Trinajstić information content (AvgIpc) is 2.77. The van der Waals surface area contributed by atoms with Crippen molar-refractivity contribution in [3.63, 3.8) is 0 Å². The zero-order chi connectivity index (χ0) is 21.1. The molecule has 0 saturated heterocycles. The molecular formula is C22H30O7. The lowest BCUT2D eigenvalue weighted by Crippen LogP contribution is -2.02. The first-order chi connectivity index (χ1) is 14.1. The van der Waals surface area contributed by atoms with Gasteiger partial charge in [-0.1, -0.05) is 0 Å². The maximum Gasteiger partial charge on any atom is 0.203 e. The van der Waals surface area contributed by atoms with E-state index in [1.165, 1.54) is 0 Å². The first kappa shape index (κ1) is 22.3. The summed E-state index contributed by atoms with van der Waals surface area (Å²) in [6, 6.07) is 9.08. The van der Waals surface area contributed by atoms with Crippen LogP contribution in [0.1, 0.15) is 19.3 Å². The highest BCUT2D eigenvalue weighted by atomic mass is 16.5. The van der Waals surface area contributed by atoms with Gasteiger partial charge in [0.05, 0.1) is 48.8 Å². The van der Waals surface area contributed by atoms with Crippen LogP contribution in [0.25, 0.3) is 0 Å². The van der Waals surface area contributed by atoms with Gasteiger partial charge in [0.2, 0.25) is 5.75 Å². The number of methoxy groups -OCH3 is 5. The Morgan fingerprint density at radius 3 is 1.34 bits per heavy atom. The summed E-state index contributed by atoms with van der Waals surface area (Å²) < 4.78 is 38.1. The molecule has 0 saturated carbocycles. The number of hydrogen-bond donors (Lipinski definition) is 0. The molecule has 0 aliphatic heterocycles. The van der Waals surface area contributed by atoms with Crippen LogP contribution in [-0.4, -0.2) is 48.8 Å². The summed E-state index contributed by atoms with van der Waals surface area (Å²) in [5, 5.41) is 0. The normalized spacial score (nSPS) is 10.2. The molecule has 0 aliphatic carbocycles. The van der Waals surface area contributed by atoms with E-state index >= 15 is 0 Å². The molecule has 0 aromatic heterocycles. The van der Waals surface area contributed by atoms with Gasteiger partial charge in [-0.05, 0) is 19.3 Å². The fourth-order valence-corrected chi connectivity index (χ4v) is 2.77. The Kier molecular flexibility index (Phi) is 9.08. The predicted molar refractivity (Wildman–Crippen MR) is 110 cm³/mol. The predicted octanol–water partition coefficient (Wildman–Crippen LogP) is 4.36. The highest BCUT2D eigenvalue weighted by Gasteiger charge is 2.13. The average molecular weight is 406 g/mol. The van der Waals surface area contributed by atoms with Crippen LogP contribution in [0.2, 0.25) is 0 Å². The van der Waals surface area contributed by atoms with E-state index in [2.05, 4.69) is 0 Å². The second-order valence-corrected chi connectivity index (χ2v) is 6.17. The third-order valence-corrected chi connectivity index (χ3v) is 4.29. The summed E-state index contributed by atoms with van der Waals surface area (Å²) in [7, 11) is 7.97. The van der Waals surface area contributed by atoms with Crippen LogP contribution in [-0.2, 0) is 0 Å². The van der Waals surface area contributed by atoms with Gasteiger partial charge in [-0.2, -0.15) is 0 Å². The Hall–Kier alpha value is -2.96. The van der Waals surface area contributed by atoms with E-state index < -0.39 is 0 Å². The minimum atomic E-state index is 0.550. The number of hydrogen-bond acceptors (Lipinski definition) is 7. The zero-order valence-electron chi connectivity index (χ0n) is 17.8. The Morgan fingerprint density at radius 2 is 0.931 bits per heavy atom. The van der Waals surface area contributed by atoms with E-state index in [4.69, 9.17) is 33.2 Å². The quantitative estimate of drug-likeness (QED) is 0.458. The molecule has 0 fully saturated rings. The van der Waals surface area contributed by atoms with Crippen molar-refractivity contribution in [1.82, 2.24) is 0 Å². The largest absolute Gasteiger partial charge is 0.496 e. The summed E-state index contributed by atoms with van der Waals surface area (Å²) >= 11 is 0. The van der Waals surface area contributed by atoms with Gasteiger partial charge in [0.1, 0.15) is 23.0 Å². The first-order valence-electron chi connectivity index (χ1n) is 9.43. The second kappa shape index (κ2) is 11.8. The van der Waals surface area contributed by atoms with Gasteiger partial charge >= 0.3 is 0 Å².